The number of amides is 1. The summed E-state index contributed by atoms with van der Waals surface area (Å²) in [5.41, 5.74) is -0.649. The molecule has 1 rings (SSSR count). The number of benzene rings is 1. The van der Waals surface area contributed by atoms with Gasteiger partial charge in [0.1, 0.15) is 20.0 Å². The lowest BCUT2D eigenvalue weighted by atomic mass is 10.0. The predicted molar refractivity (Wildman–Crippen MR) is 64.7 cm³/mol. The van der Waals surface area contributed by atoms with Gasteiger partial charge in [0.05, 0.1) is 5.54 Å². The number of nitrogens with one attached hydrogen (secondary N) is 1. The van der Waals surface area contributed by atoms with Gasteiger partial charge in [0, 0.05) is 0 Å². The van der Waals surface area contributed by atoms with Gasteiger partial charge < -0.3 is 10.1 Å². The molecule has 1 N–H and O–H groups in total. The molecule has 0 heterocycles. The second-order valence-corrected chi connectivity index (χ2v) is 4.09. The van der Waals surface area contributed by atoms with Gasteiger partial charge in [-0.25, -0.2) is 13.6 Å². The van der Waals surface area contributed by atoms with Crippen LogP contribution < -0.4 is 5.32 Å². The number of rotatable bonds is 6. The number of alkyl carbamates (subject to hydrolysis) is 1. The molecule has 0 aliphatic rings. The Bertz CT molecular complexity index is 358. The van der Waals surface area contributed by atoms with Crippen molar-refractivity contribution in [2.24, 2.45) is 0 Å². The molecule has 100 valence electrons. The van der Waals surface area contributed by atoms with E-state index in [4.69, 9.17) is 4.74 Å². The number of carbonyl (C=O) groups excluding carboxylic acids is 1. The average molecular weight is 257 g/mol. The van der Waals surface area contributed by atoms with Crippen LogP contribution >= 0.6 is 0 Å². The number of alkyl halides is 2. The van der Waals surface area contributed by atoms with E-state index in [9.17, 15) is 13.6 Å². The number of hydrogen-bond donors (Lipinski definition) is 1. The molecule has 18 heavy (non-hydrogen) atoms. The number of halogens is 2. The molecular weight excluding hydrogens is 240 g/mol. The third kappa shape index (κ3) is 3.98. The first-order chi connectivity index (χ1) is 8.65. The highest BCUT2D eigenvalue weighted by Crippen LogP contribution is 2.12. The Labute approximate surface area is 105 Å². The summed E-state index contributed by atoms with van der Waals surface area (Å²) in [6, 6.07) is 9.07. The summed E-state index contributed by atoms with van der Waals surface area (Å²) in [6.07, 6.45) is -0.642. The van der Waals surface area contributed by atoms with Crippen LogP contribution in [0.4, 0.5) is 13.6 Å². The highest BCUT2D eigenvalue weighted by Gasteiger charge is 2.31. The van der Waals surface area contributed by atoms with E-state index in [0.717, 1.165) is 5.56 Å². The lowest BCUT2D eigenvalue weighted by Gasteiger charge is -2.27. The zero-order valence-electron chi connectivity index (χ0n) is 10.3. The molecule has 1 aromatic carbocycles. The highest BCUT2D eigenvalue weighted by molar-refractivity contribution is 5.68. The normalized spacial score (nSPS) is 11.1. The van der Waals surface area contributed by atoms with Crippen LogP contribution in [0.15, 0.2) is 30.3 Å². The Morgan fingerprint density at radius 2 is 1.89 bits per heavy atom. The molecule has 0 aromatic heterocycles. The second-order valence-electron chi connectivity index (χ2n) is 4.09. The quantitative estimate of drug-likeness (QED) is 0.850. The van der Waals surface area contributed by atoms with E-state index in [0.29, 0.717) is 0 Å². The number of carbonyl (C=O) groups is 1. The first-order valence-corrected chi connectivity index (χ1v) is 5.76. The van der Waals surface area contributed by atoms with Crippen LogP contribution in [-0.4, -0.2) is 25.0 Å². The summed E-state index contributed by atoms with van der Waals surface area (Å²) < 4.78 is 30.4. The van der Waals surface area contributed by atoms with E-state index in [1.54, 1.807) is 19.1 Å². The lowest BCUT2D eigenvalue weighted by molar-refractivity contribution is 0.110. The van der Waals surface area contributed by atoms with Crippen molar-refractivity contribution in [3.05, 3.63) is 35.9 Å². The summed E-state index contributed by atoms with van der Waals surface area (Å²) in [4.78, 5) is 11.4. The molecule has 1 amide bonds. The Morgan fingerprint density at radius 3 is 2.39 bits per heavy atom. The van der Waals surface area contributed by atoms with Crippen LogP contribution in [-0.2, 0) is 11.3 Å². The van der Waals surface area contributed by atoms with Crippen LogP contribution in [0.3, 0.4) is 0 Å². The minimum absolute atomic E-state index is 0.0744. The van der Waals surface area contributed by atoms with Gasteiger partial charge in [-0.15, -0.1) is 0 Å². The number of ether oxygens (including phenoxy) is 1. The second kappa shape index (κ2) is 6.93. The molecule has 0 atom stereocenters. The van der Waals surface area contributed by atoms with Gasteiger partial charge in [-0.3, -0.25) is 0 Å². The molecule has 0 saturated carbocycles. The van der Waals surface area contributed by atoms with E-state index in [1.165, 1.54) is 0 Å². The maximum absolute atomic E-state index is 12.7. The lowest BCUT2D eigenvalue weighted by Crippen LogP contribution is -2.51. The Kier molecular flexibility index (Phi) is 5.55. The largest absolute Gasteiger partial charge is 0.445 e. The van der Waals surface area contributed by atoms with Crippen LogP contribution in [0, 0.1) is 0 Å². The third-order valence-electron chi connectivity index (χ3n) is 2.77. The first-order valence-electron chi connectivity index (χ1n) is 5.76. The number of hydrogen-bond acceptors (Lipinski definition) is 2. The van der Waals surface area contributed by atoms with E-state index in [2.05, 4.69) is 5.32 Å². The van der Waals surface area contributed by atoms with Crippen molar-refractivity contribution >= 4 is 6.09 Å². The van der Waals surface area contributed by atoms with Crippen LogP contribution in [0.1, 0.15) is 18.9 Å². The fraction of sp³-hybridized carbons (Fsp3) is 0.462. The molecule has 0 aliphatic heterocycles. The van der Waals surface area contributed by atoms with Crippen molar-refractivity contribution in [3.63, 3.8) is 0 Å². The standard InChI is InChI=1S/C13H17F2NO2/c1-2-13(9-14,10-15)16-12(17)18-8-11-6-4-3-5-7-11/h3-7H,2,8-10H2,1H3,(H,16,17). The summed E-state index contributed by atoms with van der Waals surface area (Å²) in [7, 11) is 0. The van der Waals surface area contributed by atoms with Crippen molar-refractivity contribution in [2.45, 2.75) is 25.5 Å². The monoisotopic (exact) mass is 257 g/mol. The van der Waals surface area contributed by atoms with E-state index in [1.807, 2.05) is 18.2 Å². The smallest absolute Gasteiger partial charge is 0.408 e. The average Bonchev–Trinajstić information content (AvgIpc) is 2.44. The van der Waals surface area contributed by atoms with Crippen molar-refractivity contribution in [2.75, 3.05) is 13.3 Å². The van der Waals surface area contributed by atoms with Gasteiger partial charge in [-0.05, 0) is 12.0 Å². The minimum atomic E-state index is -1.46. The van der Waals surface area contributed by atoms with E-state index >= 15 is 0 Å². The van der Waals surface area contributed by atoms with Gasteiger partial charge in [-0.2, -0.15) is 0 Å². The Balaban J connectivity index is 2.46. The molecule has 1 aromatic rings. The maximum atomic E-state index is 12.7. The zero-order valence-corrected chi connectivity index (χ0v) is 10.3. The van der Waals surface area contributed by atoms with Gasteiger partial charge in [0.15, 0.2) is 0 Å². The molecule has 5 heteroatoms. The zero-order chi connectivity index (χ0) is 13.4. The van der Waals surface area contributed by atoms with Crippen LogP contribution in [0.25, 0.3) is 0 Å². The van der Waals surface area contributed by atoms with Crippen molar-refractivity contribution in [1.29, 1.82) is 0 Å². The molecule has 0 unspecified atom stereocenters. The predicted octanol–water partition coefficient (Wildman–Crippen LogP) is 3.00. The fourth-order valence-electron chi connectivity index (χ4n) is 1.36. The molecule has 0 bridgehead atoms. The van der Waals surface area contributed by atoms with Crippen LogP contribution in [0.2, 0.25) is 0 Å². The third-order valence-corrected chi connectivity index (χ3v) is 2.77. The minimum Gasteiger partial charge on any atom is -0.445 e. The Morgan fingerprint density at radius 1 is 1.28 bits per heavy atom. The fourth-order valence-corrected chi connectivity index (χ4v) is 1.36. The van der Waals surface area contributed by atoms with E-state index < -0.39 is 25.0 Å². The summed E-state index contributed by atoms with van der Waals surface area (Å²) >= 11 is 0. The summed E-state index contributed by atoms with van der Waals surface area (Å²) in [5, 5.41) is 2.24. The SMILES string of the molecule is CCC(CF)(CF)NC(=O)OCc1ccccc1. The molecule has 0 radical (unpaired) electrons. The van der Waals surface area contributed by atoms with Crippen molar-refractivity contribution < 1.29 is 18.3 Å². The van der Waals surface area contributed by atoms with Gasteiger partial charge in [0.25, 0.3) is 0 Å². The molecule has 0 spiro atoms. The van der Waals surface area contributed by atoms with Gasteiger partial charge in [-0.1, -0.05) is 37.3 Å². The first kappa shape index (κ1) is 14.4. The van der Waals surface area contributed by atoms with Crippen LogP contribution in [0.5, 0.6) is 0 Å². The van der Waals surface area contributed by atoms with Gasteiger partial charge in [0.2, 0.25) is 0 Å². The van der Waals surface area contributed by atoms with Crippen molar-refractivity contribution in [3.8, 4) is 0 Å². The highest BCUT2D eigenvalue weighted by atomic mass is 19.1. The summed E-state index contributed by atoms with van der Waals surface area (Å²) in [6.45, 7) is -0.234. The molecular formula is C13H17F2NO2. The summed E-state index contributed by atoms with van der Waals surface area (Å²) in [5.74, 6) is 0. The Hall–Kier alpha value is -1.65. The molecule has 0 fully saturated rings. The van der Waals surface area contributed by atoms with Gasteiger partial charge >= 0.3 is 6.09 Å². The van der Waals surface area contributed by atoms with Crippen molar-refractivity contribution in [1.82, 2.24) is 5.32 Å². The molecule has 0 saturated heterocycles. The maximum Gasteiger partial charge on any atom is 0.408 e. The molecule has 3 nitrogen and oxygen atoms in total. The molecule has 0 aliphatic carbocycles. The van der Waals surface area contributed by atoms with E-state index in [-0.39, 0.29) is 13.0 Å². The topological polar surface area (TPSA) is 38.3 Å².